The summed E-state index contributed by atoms with van der Waals surface area (Å²) in [7, 11) is 0. The molecule has 0 atom stereocenters. The van der Waals surface area contributed by atoms with E-state index in [9.17, 15) is 0 Å². The van der Waals surface area contributed by atoms with E-state index in [1.54, 1.807) is 23.7 Å². The van der Waals surface area contributed by atoms with Gasteiger partial charge in [-0.3, -0.25) is 4.68 Å². The molecule has 0 fully saturated rings. The lowest BCUT2D eigenvalue weighted by molar-refractivity contribution is 0.548. The standard InChI is InChI=1S/C18H21N9/c1-15-4-2-5-16(8-15)9-27-18(6-3-7-25-13-19-11-21-25)23-17(24-27)10-26-14-20-12-22-26/h2,4-5,8,11-14H,3,6-7,9-10H2,1H3. The number of nitrogens with zero attached hydrogens (tertiary/aromatic N) is 9. The van der Waals surface area contributed by atoms with Crippen LogP contribution in [0.15, 0.2) is 49.6 Å². The van der Waals surface area contributed by atoms with E-state index in [0.29, 0.717) is 13.1 Å². The number of hydrogen-bond donors (Lipinski definition) is 0. The van der Waals surface area contributed by atoms with Crippen molar-refractivity contribution in [3.63, 3.8) is 0 Å². The molecule has 0 spiro atoms. The van der Waals surface area contributed by atoms with Crippen LogP contribution in [0.2, 0.25) is 0 Å². The van der Waals surface area contributed by atoms with Crippen LogP contribution in [-0.2, 0) is 26.1 Å². The van der Waals surface area contributed by atoms with E-state index in [2.05, 4.69) is 51.4 Å². The summed E-state index contributed by atoms with van der Waals surface area (Å²) < 4.78 is 5.55. The molecule has 4 rings (SSSR count). The zero-order valence-corrected chi connectivity index (χ0v) is 15.2. The van der Waals surface area contributed by atoms with Gasteiger partial charge >= 0.3 is 0 Å². The van der Waals surface area contributed by atoms with Crippen molar-refractivity contribution in [2.45, 2.75) is 39.4 Å². The monoisotopic (exact) mass is 363 g/mol. The molecule has 0 saturated carbocycles. The molecule has 0 radical (unpaired) electrons. The van der Waals surface area contributed by atoms with Crippen molar-refractivity contribution >= 4 is 0 Å². The summed E-state index contributed by atoms with van der Waals surface area (Å²) in [4.78, 5) is 12.7. The Morgan fingerprint density at radius 1 is 0.963 bits per heavy atom. The van der Waals surface area contributed by atoms with Crippen molar-refractivity contribution in [3.05, 3.63) is 72.4 Å². The van der Waals surface area contributed by atoms with Crippen LogP contribution in [-0.4, -0.2) is 44.3 Å². The van der Waals surface area contributed by atoms with Crippen molar-refractivity contribution in [2.75, 3.05) is 0 Å². The predicted molar refractivity (Wildman–Crippen MR) is 97.8 cm³/mol. The summed E-state index contributed by atoms with van der Waals surface area (Å²) in [5.41, 5.74) is 2.45. The van der Waals surface area contributed by atoms with Crippen LogP contribution >= 0.6 is 0 Å². The number of aromatic nitrogens is 9. The van der Waals surface area contributed by atoms with Crippen LogP contribution in [0.25, 0.3) is 0 Å². The highest BCUT2D eigenvalue weighted by Crippen LogP contribution is 2.10. The molecule has 0 amide bonds. The molecular formula is C18H21N9. The highest BCUT2D eigenvalue weighted by Gasteiger charge is 2.12. The van der Waals surface area contributed by atoms with Crippen molar-refractivity contribution in [3.8, 4) is 0 Å². The largest absolute Gasteiger partial charge is 0.253 e. The molecule has 27 heavy (non-hydrogen) atoms. The highest BCUT2D eigenvalue weighted by atomic mass is 15.4. The number of benzene rings is 1. The fraction of sp³-hybridized carbons (Fsp3) is 0.333. The van der Waals surface area contributed by atoms with Crippen LogP contribution < -0.4 is 0 Å². The Bertz CT molecular complexity index is 970. The minimum absolute atomic E-state index is 0.511. The summed E-state index contributed by atoms with van der Waals surface area (Å²) in [5, 5.41) is 13.0. The molecule has 0 saturated heterocycles. The van der Waals surface area contributed by atoms with Gasteiger partial charge in [-0.25, -0.2) is 24.3 Å². The van der Waals surface area contributed by atoms with Gasteiger partial charge in [0.2, 0.25) is 0 Å². The molecule has 9 heteroatoms. The van der Waals surface area contributed by atoms with Gasteiger partial charge in [-0.05, 0) is 18.9 Å². The molecule has 3 heterocycles. The van der Waals surface area contributed by atoms with Crippen LogP contribution in [0.3, 0.4) is 0 Å². The van der Waals surface area contributed by atoms with Crippen LogP contribution in [0.1, 0.15) is 29.2 Å². The van der Waals surface area contributed by atoms with Gasteiger partial charge in [0.1, 0.15) is 37.7 Å². The van der Waals surface area contributed by atoms with Gasteiger partial charge in [-0.15, -0.1) is 0 Å². The number of rotatable bonds is 8. The molecule has 3 aromatic heterocycles. The topological polar surface area (TPSA) is 92.1 Å². The van der Waals surface area contributed by atoms with Crippen molar-refractivity contribution < 1.29 is 0 Å². The Morgan fingerprint density at radius 2 is 1.78 bits per heavy atom. The lowest BCUT2D eigenvalue weighted by atomic mass is 10.1. The summed E-state index contributed by atoms with van der Waals surface area (Å²) in [6.45, 7) is 4.11. The van der Waals surface area contributed by atoms with Gasteiger partial charge in [0.15, 0.2) is 5.82 Å². The van der Waals surface area contributed by atoms with Gasteiger partial charge < -0.3 is 0 Å². The zero-order valence-electron chi connectivity index (χ0n) is 15.2. The summed E-state index contributed by atoms with van der Waals surface area (Å²) in [6, 6.07) is 8.46. The maximum absolute atomic E-state index is 4.74. The first-order valence-electron chi connectivity index (χ1n) is 8.89. The second-order valence-corrected chi connectivity index (χ2v) is 6.45. The number of aryl methyl sites for hydroxylation is 3. The molecule has 1 aromatic carbocycles. The van der Waals surface area contributed by atoms with E-state index >= 15 is 0 Å². The Balaban J connectivity index is 1.51. The van der Waals surface area contributed by atoms with E-state index in [4.69, 9.17) is 10.1 Å². The van der Waals surface area contributed by atoms with E-state index in [1.165, 1.54) is 17.5 Å². The van der Waals surface area contributed by atoms with Crippen LogP contribution in [0.5, 0.6) is 0 Å². The predicted octanol–water partition coefficient (Wildman–Crippen LogP) is 1.50. The first kappa shape index (κ1) is 17.1. The molecule has 0 aliphatic heterocycles. The molecule has 0 aliphatic rings. The summed E-state index contributed by atoms with van der Waals surface area (Å²) in [6.07, 6.45) is 8.20. The lowest BCUT2D eigenvalue weighted by Gasteiger charge is -2.07. The average Bonchev–Trinajstić information content (AvgIpc) is 3.39. The maximum atomic E-state index is 4.74. The molecule has 0 unspecified atom stereocenters. The van der Waals surface area contributed by atoms with Crippen molar-refractivity contribution in [2.24, 2.45) is 0 Å². The van der Waals surface area contributed by atoms with Crippen molar-refractivity contribution in [1.82, 2.24) is 44.3 Å². The molecule has 138 valence electrons. The Hall–Kier alpha value is -3.36. The smallest absolute Gasteiger partial charge is 0.172 e. The minimum Gasteiger partial charge on any atom is -0.253 e. The van der Waals surface area contributed by atoms with Gasteiger partial charge in [0.25, 0.3) is 0 Å². The fourth-order valence-electron chi connectivity index (χ4n) is 2.99. The molecule has 0 N–H and O–H groups in total. The van der Waals surface area contributed by atoms with Gasteiger partial charge in [0.05, 0.1) is 6.54 Å². The minimum atomic E-state index is 0.511. The van der Waals surface area contributed by atoms with Crippen LogP contribution in [0, 0.1) is 6.92 Å². The van der Waals surface area contributed by atoms with Crippen LogP contribution in [0.4, 0.5) is 0 Å². The fourth-order valence-corrected chi connectivity index (χ4v) is 2.99. The summed E-state index contributed by atoms with van der Waals surface area (Å²) in [5.74, 6) is 1.70. The molecule has 0 aliphatic carbocycles. The Labute approximate surface area is 156 Å². The Morgan fingerprint density at radius 3 is 2.52 bits per heavy atom. The third kappa shape index (κ3) is 4.43. The molecular weight excluding hydrogens is 342 g/mol. The summed E-state index contributed by atoms with van der Waals surface area (Å²) >= 11 is 0. The normalized spacial score (nSPS) is 11.1. The molecule has 9 nitrogen and oxygen atoms in total. The van der Waals surface area contributed by atoms with Gasteiger partial charge in [-0.2, -0.15) is 15.3 Å². The molecule has 4 aromatic rings. The zero-order chi connectivity index (χ0) is 18.5. The van der Waals surface area contributed by atoms with E-state index < -0.39 is 0 Å². The second kappa shape index (κ2) is 7.90. The van der Waals surface area contributed by atoms with E-state index in [-0.39, 0.29) is 0 Å². The second-order valence-electron chi connectivity index (χ2n) is 6.45. The van der Waals surface area contributed by atoms with Crippen molar-refractivity contribution in [1.29, 1.82) is 0 Å². The third-order valence-corrected chi connectivity index (χ3v) is 4.23. The van der Waals surface area contributed by atoms with E-state index in [0.717, 1.165) is 31.0 Å². The first-order valence-corrected chi connectivity index (χ1v) is 8.89. The molecule has 0 bridgehead atoms. The Kier molecular flexibility index (Phi) is 4.99. The highest BCUT2D eigenvalue weighted by molar-refractivity contribution is 5.22. The average molecular weight is 363 g/mol. The third-order valence-electron chi connectivity index (χ3n) is 4.23. The number of hydrogen-bond acceptors (Lipinski definition) is 6. The quantitative estimate of drug-likeness (QED) is 0.471. The maximum Gasteiger partial charge on any atom is 0.172 e. The first-order chi connectivity index (χ1) is 13.3. The van der Waals surface area contributed by atoms with E-state index in [1.807, 2.05) is 9.36 Å². The van der Waals surface area contributed by atoms with Gasteiger partial charge in [-0.1, -0.05) is 29.8 Å². The SMILES string of the molecule is Cc1cccc(Cn2nc(Cn3cncn3)nc2CCCn2cncn2)c1. The lowest BCUT2D eigenvalue weighted by Crippen LogP contribution is -2.09. The van der Waals surface area contributed by atoms with Gasteiger partial charge in [0, 0.05) is 13.0 Å².